The lowest BCUT2D eigenvalue weighted by molar-refractivity contribution is 0.0796. The Morgan fingerprint density at radius 1 is 1.33 bits per heavy atom. The minimum Gasteiger partial charge on any atom is -0.397 e. The molecule has 2 N–H and O–H groups in total. The van der Waals surface area contributed by atoms with Crippen molar-refractivity contribution >= 4 is 33.1 Å². The highest BCUT2D eigenvalue weighted by Gasteiger charge is 2.21. The minimum atomic E-state index is -0.0198. The molecule has 0 saturated carbocycles. The number of nitrogens with two attached hydrogens (primary N) is 1. The van der Waals surface area contributed by atoms with Crippen LogP contribution in [-0.4, -0.2) is 54.9 Å². The zero-order valence-electron chi connectivity index (χ0n) is 13.0. The topological polar surface area (TPSA) is 62.5 Å². The van der Waals surface area contributed by atoms with Crippen LogP contribution in [0.4, 0.5) is 5.69 Å². The van der Waals surface area contributed by atoms with Crippen LogP contribution in [-0.2, 0) is 0 Å². The van der Waals surface area contributed by atoms with Gasteiger partial charge in [0.15, 0.2) is 0 Å². The van der Waals surface area contributed by atoms with Crippen LogP contribution in [0.15, 0.2) is 12.3 Å². The summed E-state index contributed by atoms with van der Waals surface area (Å²) in [7, 11) is 5.88. The summed E-state index contributed by atoms with van der Waals surface area (Å²) < 4.78 is 0. The maximum absolute atomic E-state index is 12.5. The highest BCUT2D eigenvalue weighted by molar-refractivity contribution is 7.21. The molecule has 0 aromatic carbocycles. The van der Waals surface area contributed by atoms with Gasteiger partial charge in [-0.25, -0.2) is 4.98 Å². The number of anilines is 1. The molecule has 2 aromatic rings. The number of rotatable bonds is 5. The van der Waals surface area contributed by atoms with Crippen molar-refractivity contribution in [3.63, 3.8) is 0 Å². The van der Waals surface area contributed by atoms with Crippen LogP contribution < -0.4 is 5.73 Å². The van der Waals surface area contributed by atoms with Gasteiger partial charge < -0.3 is 15.5 Å². The van der Waals surface area contributed by atoms with Gasteiger partial charge in [0, 0.05) is 25.2 Å². The number of pyridine rings is 1. The van der Waals surface area contributed by atoms with Crippen LogP contribution in [0.5, 0.6) is 0 Å². The number of carbonyl (C=O) groups is 1. The van der Waals surface area contributed by atoms with Crippen molar-refractivity contribution in [3.8, 4) is 0 Å². The van der Waals surface area contributed by atoms with E-state index < -0.39 is 0 Å². The summed E-state index contributed by atoms with van der Waals surface area (Å²) in [5, 5.41) is 0.910. The number of aromatic nitrogens is 1. The lowest BCUT2D eigenvalue weighted by atomic mass is 10.1. The first-order chi connectivity index (χ1) is 9.91. The van der Waals surface area contributed by atoms with E-state index in [1.807, 2.05) is 34.1 Å². The van der Waals surface area contributed by atoms with E-state index in [1.165, 1.54) is 11.3 Å². The number of aryl methyl sites for hydroxylation is 1. The van der Waals surface area contributed by atoms with E-state index in [1.54, 1.807) is 11.1 Å². The molecule has 6 heteroatoms. The number of thiophene rings is 1. The van der Waals surface area contributed by atoms with E-state index in [4.69, 9.17) is 5.73 Å². The van der Waals surface area contributed by atoms with E-state index in [2.05, 4.69) is 9.88 Å². The Morgan fingerprint density at radius 2 is 2.05 bits per heavy atom. The molecular weight excluding hydrogens is 284 g/mol. The van der Waals surface area contributed by atoms with Gasteiger partial charge in [-0.1, -0.05) is 0 Å². The van der Waals surface area contributed by atoms with Crippen molar-refractivity contribution in [2.24, 2.45) is 0 Å². The Balaban J connectivity index is 2.19. The van der Waals surface area contributed by atoms with E-state index in [9.17, 15) is 4.79 Å². The summed E-state index contributed by atoms with van der Waals surface area (Å²) in [6.07, 6.45) is 2.69. The van der Waals surface area contributed by atoms with Crippen LogP contribution in [0, 0.1) is 6.92 Å². The summed E-state index contributed by atoms with van der Waals surface area (Å²) in [6.45, 7) is 3.67. The van der Waals surface area contributed by atoms with Crippen molar-refractivity contribution in [2.45, 2.75) is 13.3 Å². The van der Waals surface area contributed by atoms with Crippen LogP contribution >= 0.6 is 11.3 Å². The molecule has 0 bridgehead atoms. The third kappa shape index (κ3) is 3.33. The minimum absolute atomic E-state index is 0.0198. The molecule has 0 aliphatic rings. The second-order valence-electron chi connectivity index (χ2n) is 5.54. The highest BCUT2D eigenvalue weighted by Crippen LogP contribution is 2.34. The molecule has 2 heterocycles. The van der Waals surface area contributed by atoms with Gasteiger partial charge in [0.25, 0.3) is 5.91 Å². The normalized spacial score (nSPS) is 11.3. The summed E-state index contributed by atoms with van der Waals surface area (Å²) in [5.74, 6) is -0.0198. The van der Waals surface area contributed by atoms with Gasteiger partial charge in [-0.15, -0.1) is 11.3 Å². The lowest BCUT2D eigenvalue weighted by Gasteiger charge is -2.18. The maximum atomic E-state index is 12.5. The molecule has 1 amide bonds. The summed E-state index contributed by atoms with van der Waals surface area (Å²) in [6, 6.07) is 1.92. The first-order valence-corrected chi connectivity index (χ1v) is 7.77. The average Bonchev–Trinajstić information content (AvgIpc) is 2.76. The highest BCUT2D eigenvalue weighted by atomic mass is 32.1. The second-order valence-corrected chi connectivity index (χ2v) is 6.54. The molecule has 0 fully saturated rings. The number of nitrogens with zero attached hydrogens (tertiary/aromatic N) is 3. The Bertz CT molecular complexity index is 650. The van der Waals surface area contributed by atoms with Crippen LogP contribution in [0.25, 0.3) is 10.2 Å². The van der Waals surface area contributed by atoms with Crippen LogP contribution in [0.2, 0.25) is 0 Å². The first-order valence-electron chi connectivity index (χ1n) is 6.95. The molecule has 0 saturated heterocycles. The summed E-state index contributed by atoms with van der Waals surface area (Å²) >= 11 is 1.38. The Morgan fingerprint density at radius 3 is 2.67 bits per heavy atom. The second kappa shape index (κ2) is 6.41. The molecule has 0 radical (unpaired) electrons. The summed E-state index contributed by atoms with van der Waals surface area (Å²) in [4.78, 5) is 22.1. The molecule has 0 atom stereocenters. The third-order valence-electron chi connectivity index (χ3n) is 3.48. The fraction of sp³-hybridized carbons (Fsp3) is 0.467. The Hall–Kier alpha value is -1.66. The van der Waals surface area contributed by atoms with Gasteiger partial charge in [-0.05, 0) is 45.6 Å². The Kier molecular flexibility index (Phi) is 4.80. The number of hydrogen-bond donors (Lipinski definition) is 1. The van der Waals surface area contributed by atoms with E-state index in [0.717, 1.165) is 35.3 Å². The van der Waals surface area contributed by atoms with Gasteiger partial charge in [-0.3, -0.25) is 4.79 Å². The number of nitrogen functional groups attached to an aromatic ring is 1. The van der Waals surface area contributed by atoms with Crippen molar-refractivity contribution in [1.82, 2.24) is 14.8 Å². The Labute approximate surface area is 129 Å². The van der Waals surface area contributed by atoms with Crippen molar-refractivity contribution < 1.29 is 4.79 Å². The SMILES string of the molecule is Cc1ccnc2sc(C(=O)N(C)CCCN(C)C)c(N)c12. The zero-order chi connectivity index (χ0) is 15.6. The monoisotopic (exact) mass is 306 g/mol. The van der Waals surface area contributed by atoms with E-state index in [-0.39, 0.29) is 5.91 Å². The van der Waals surface area contributed by atoms with Gasteiger partial charge in [0.1, 0.15) is 9.71 Å². The molecule has 114 valence electrons. The maximum Gasteiger partial charge on any atom is 0.265 e. The molecule has 2 aromatic heterocycles. The fourth-order valence-electron chi connectivity index (χ4n) is 2.26. The van der Waals surface area contributed by atoms with Crippen molar-refractivity contribution in [2.75, 3.05) is 40.0 Å². The van der Waals surface area contributed by atoms with Gasteiger partial charge in [0.05, 0.1) is 5.69 Å². The van der Waals surface area contributed by atoms with Gasteiger partial charge in [0.2, 0.25) is 0 Å². The average molecular weight is 306 g/mol. The molecule has 0 spiro atoms. The molecular formula is C15H22N4OS. The predicted octanol–water partition coefficient (Wildman–Crippen LogP) is 2.21. The third-order valence-corrected chi connectivity index (χ3v) is 4.58. The summed E-state index contributed by atoms with van der Waals surface area (Å²) in [5.41, 5.74) is 7.79. The van der Waals surface area contributed by atoms with Crippen LogP contribution in [0.3, 0.4) is 0 Å². The molecule has 2 rings (SSSR count). The fourth-order valence-corrected chi connectivity index (χ4v) is 3.40. The van der Waals surface area contributed by atoms with E-state index >= 15 is 0 Å². The number of amides is 1. The van der Waals surface area contributed by atoms with E-state index in [0.29, 0.717) is 10.6 Å². The van der Waals surface area contributed by atoms with Crippen LogP contribution in [0.1, 0.15) is 21.7 Å². The number of fused-ring (bicyclic) bond motifs is 1. The smallest absolute Gasteiger partial charge is 0.265 e. The number of hydrogen-bond acceptors (Lipinski definition) is 5. The largest absolute Gasteiger partial charge is 0.397 e. The van der Waals surface area contributed by atoms with Gasteiger partial charge >= 0.3 is 0 Å². The quantitative estimate of drug-likeness (QED) is 0.920. The standard InChI is InChI=1S/C15H22N4OS/c1-10-6-7-17-14-11(10)12(16)13(21-14)15(20)19(4)9-5-8-18(2)3/h6-7H,5,8-9,16H2,1-4H3. The predicted molar refractivity (Wildman–Crippen MR) is 88.9 cm³/mol. The molecule has 5 nitrogen and oxygen atoms in total. The zero-order valence-corrected chi connectivity index (χ0v) is 13.8. The molecule has 0 aliphatic carbocycles. The molecule has 0 unspecified atom stereocenters. The molecule has 0 aliphatic heterocycles. The van der Waals surface area contributed by atoms with Crippen molar-refractivity contribution in [3.05, 3.63) is 22.7 Å². The van der Waals surface area contributed by atoms with Crippen molar-refractivity contribution in [1.29, 1.82) is 0 Å². The first kappa shape index (κ1) is 15.7. The lowest BCUT2D eigenvalue weighted by Crippen LogP contribution is -2.29. The van der Waals surface area contributed by atoms with Gasteiger partial charge in [-0.2, -0.15) is 0 Å². The molecule has 21 heavy (non-hydrogen) atoms. The number of carbonyl (C=O) groups excluding carboxylic acids is 1.